The summed E-state index contributed by atoms with van der Waals surface area (Å²) in [6, 6.07) is 5.67. The van der Waals surface area contributed by atoms with Crippen LogP contribution >= 0.6 is 11.8 Å². The molecule has 0 fully saturated rings. The summed E-state index contributed by atoms with van der Waals surface area (Å²) in [7, 11) is 0. The van der Waals surface area contributed by atoms with E-state index in [0.29, 0.717) is 11.8 Å². The Hall–Kier alpha value is -1.83. The molecule has 0 aliphatic heterocycles. The van der Waals surface area contributed by atoms with Crippen LogP contribution in [0.2, 0.25) is 0 Å². The first-order chi connectivity index (χ1) is 10.2. The monoisotopic (exact) mass is 332 g/mol. The lowest BCUT2D eigenvalue weighted by Gasteiger charge is -2.26. The van der Waals surface area contributed by atoms with E-state index in [4.69, 9.17) is 5.11 Å². The molecular weight excluding hydrogens is 314 g/mol. The van der Waals surface area contributed by atoms with Gasteiger partial charge in [-0.25, -0.2) is 4.79 Å². The van der Waals surface area contributed by atoms with E-state index in [-0.39, 0.29) is 23.4 Å². The summed E-state index contributed by atoms with van der Waals surface area (Å²) >= 11 is 0.346. The number of amides is 2. The normalized spacial score (nSPS) is 11.3. The van der Waals surface area contributed by atoms with E-state index >= 15 is 0 Å². The van der Waals surface area contributed by atoms with Crippen molar-refractivity contribution in [3.05, 3.63) is 24.3 Å². The van der Waals surface area contributed by atoms with Gasteiger partial charge < -0.3 is 15.7 Å². The van der Waals surface area contributed by atoms with Gasteiger partial charge in [0, 0.05) is 16.9 Å². The molecule has 1 aromatic carbocycles. The van der Waals surface area contributed by atoms with E-state index in [0.717, 1.165) is 0 Å². The standard InChI is InChI=1S/C14H18F2N2O3S/c1-14(2,8-7-11(19)20)18-13(21)17-9-5-3-4-6-10(9)22-12(15)16/h3-6,12H,7-8H2,1-2H3,(H,19,20)(H2,17,18,21). The summed E-state index contributed by atoms with van der Waals surface area (Å²) in [5.74, 6) is -3.54. The smallest absolute Gasteiger partial charge is 0.319 e. The van der Waals surface area contributed by atoms with Gasteiger partial charge >= 0.3 is 12.0 Å². The second-order valence-corrected chi connectivity index (χ2v) is 6.26. The Bertz CT molecular complexity index is 539. The topological polar surface area (TPSA) is 78.4 Å². The van der Waals surface area contributed by atoms with Gasteiger partial charge in [-0.1, -0.05) is 23.9 Å². The number of aliphatic carboxylic acids is 1. The molecule has 0 aliphatic carbocycles. The van der Waals surface area contributed by atoms with Crippen molar-refractivity contribution in [3.8, 4) is 0 Å². The first-order valence-electron chi connectivity index (χ1n) is 6.54. The van der Waals surface area contributed by atoms with Gasteiger partial charge in [-0.2, -0.15) is 8.78 Å². The number of anilines is 1. The summed E-state index contributed by atoms with van der Waals surface area (Å²) in [6.45, 7) is 3.38. The molecule has 0 saturated heterocycles. The first kappa shape index (κ1) is 18.2. The molecule has 0 atom stereocenters. The van der Waals surface area contributed by atoms with Crippen LogP contribution in [0.4, 0.5) is 19.3 Å². The van der Waals surface area contributed by atoms with Crippen LogP contribution in [-0.4, -0.2) is 28.4 Å². The number of halogens is 2. The molecule has 3 N–H and O–H groups in total. The zero-order chi connectivity index (χ0) is 16.8. The average molecular weight is 332 g/mol. The van der Waals surface area contributed by atoms with Crippen LogP contribution in [-0.2, 0) is 4.79 Å². The highest BCUT2D eigenvalue weighted by molar-refractivity contribution is 7.99. The maximum absolute atomic E-state index is 12.5. The minimum absolute atomic E-state index is 0.0783. The molecule has 0 aliphatic rings. The lowest BCUT2D eigenvalue weighted by atomic mass is 9.99. The largest absolute Gasteiger partial charge is 0.481 e. The van der Waals surface area contributed by atoms with Crippen LogP contribution in [0.5, 0.6) is 0 Å². The third-order valence-corrected chi connectivity index (χ3v) is 3.56. The van der Waals surface area contributed by atoms with E-state index in [2.05, 4.69) is 10.6 Å². The Balaban J connectivity index is 2.67. The van der Waals surface area contributed by atoms with Crippen molar-refractivity contribution < 1.29 is 23.5 Å². The van der Waals surface area contributed by atoms with Crippen LogP contribution in [0.3, 0.4) is 0 Å². The Morgan fingerprint density at radius 1 is 1.32 bits per heavy atom. The fourth-order valence-corrected chi connectivity index (χ4v) is 2.31. The van der Waals surface area contributed by atoms with Crippen LogP contribution < -0.4 is 10.6 Å². The Morgan fingerprint density at radius 3 is 2.55 bits per heavy atom. The molecule has 1 aromatic rings. The number of hydrogen-bond acceptors (Lipinski definition) is 3. The maximum Gasteiger partial charge on any atom is 0.319 e. The number of carboxylic acids is 1. The van der Waals surface area contributed by atoms with Crippen molar-refractivity contribution in [1.82, 2.24) is 5.32 Å². The number of carbonyl (C=O) groups excluding carboxylic acids is 1. The molecular formula is C14H18F2N2O3S. The molecule has 122 valence electrons. The van der Waals surface area contributed by atoms with E-state index in [1.165, 1.54) is 12.1 Å². The fourth-order valence-electron chi connectivity index (χ4n) is 1.71. The second kappa shape index (κ2) is 7.98. The van der Waals surface area contributed by atoms with Crippen LogP contribution in [0.15, 0.2) is 29.2 Å². The number of carboxylic acid groups (broad SMARTS) is 1. The second-order valence-electron chi connectivity index (χ2n) is 5.23. The summed E-state index contributed by atoms with van der Waals surface area (Å²) in [5, 5.41) is 13.8. The number of nitrogens with one attached hydrogen (secondary N) is 2. The van der Waals surface area contributed by atoms with Crippen molar-refractivity contribution in [2.45, 2.75) is 42.9 Å². The summed E-state index contributed by atoms with van der Waals surface area (Å²) in [4.78, 5) is 22.8. The van der Waals surface area contributed by atoms with E-state index in [1.807, 2.05) is 0 Å². The highest BCUT2D eigenvalue weighted by Crippen LogP contribution is 2.31. The number of benzene rings is 1. The van der Waals surface area contributed by atoms with Gasteiger partial charge in [-0.15, -0.1) is 0 Å². The molecule has 0 heterocycles. The fraction of sp³-hybridized carbons (Fsp3) is 0.429. The molecule has 0 bridgehead atoms. The predicted molar refractivity (Wildman–Crippen MR) is 81.4 cm³/mol. The van der Waals surface area contributed by atoms with E-state index in [1.54, 1.807) is 26.0 Å². The summed E-state index contributed by atoms with van der Waals surface area (Å²) in [6.07, 6.45) is 0.175. The van der Waals surface area contributed by atoms with Gasteiger partial charge in [-0.3, -0.25) is 4.79 Å². The van der Waals surface area contributed by atoms with Gasteiger partial charge in [-0.05, 0) is 32.4 Å². The van der Waals surface area contributed by atoms with Gasteiger partial charge in [0.15, 0.2) is 0 Å². The van der Waals surface area contributed by atoms with E-state index in [9.17, 15) is 18.4 Å². The third kappa shape index (κ3) is 6.75. The SMILES string of the molecule is CC(C)(CCC(=O)O)NC(=O)Nc1ccccc1SC(F)F. The molecule has 0 unspecified atom stereocenters. The van der Waals surface area contributed by atoms with Gasteiger partial charge in [0.1, 0.15) is 0 Å². The Morgan fingerprint density at radius 2 is 1.95 bits per heavy atom. The number of para-hydroxylation sites is 1. The molecule has 0 radical (unpaired) electrons. The highest BCUT2D eigenvalue weighted by atomic mass is 32.2. The van der Waals surface area contributed by atoms with Crippen LogP contribution in [0.1, 0.15) is 26.7 Å². The zero-order valence-corrected chi connectivity index (χ0v) is 13.0. The molecule has 2 amide bonds. The van der Waals surface area contributed by atoms with Crippen molar-refractivity contribution >= 4 is 29.4 Å². The lowest BCUT2D eigenvalue weighted by molar-refractivity contribution is -0.137. The van der Waals surface area contributed by atoms with Gasteiger partial charge in [0.2, 0.25) is 0 Å². The molecule has 8 heteroatoms. The maximum atomic E-state index is 12.5. The minimum atomic E-state index is -2.59. The summed E-state index contributed by atoms with van der Waals surface area (Å²) in [5.41, 5.74) is -0.452. The van der Waals surface area contributed by atoms with Crippen LogP contribution in [0, 0.1) is 0 Å². The number of urea groups is 1. The number of thioether (sulfide) groups is 1. The Labute approximate surface area is 131 Å². The first-order valence-corrected chi connectivity index (χ1v) is 7.42. The summed E-state index contributed by atoms with van der Waals surface area (Å²) < 4.78 is 24.9. The zero-order valence-electron chi connectivity index (χ0n) is 12.2. The van der Waals surface area contributed by atoms with Crippen molar-refractivity contribution in [2.24, 2.45) is 0 Å². The number of hydrogen-bond donors (Lipinski definition) is 3. The molecule has 0 aromatic heterocycles. The van der Waals surface area contributed by atoms with Crippen molar-refractivity contribution in [1.29, 1.82) is 0 Å². The van der Waals surface area contributed by atoms with Crippen molar-refractivity contribution in [2.75, 3.05) is 5.32 Å². The minimum Gasteiger partial charge on any atom is -0.481 e. The van der Waals surface area contributed by atoms with Gasteiger partial charge in [0.05, 0.1) is 5.69 Å². The highest BCUT2D eigenvalue weighted by Gasteiger charge is 2.22. The third-order valence-electron chi connectivity index (χ3n) is 2.77. The lowest BCUT2D eigenvalue weighted by Crippen LogP contribution is -2.45. The Kier molecular flexibility index (Phi) is 6.61. The molecule has 22 heavy (non-hydrogen) atoms. The van der Waals surface area contributed by atoms with E-state index < -0.39 is 23.3 Å². The van der Waals surface area contributed by atoms with Crippen LogP contribution in [0.25, 0.3) is 0 Å². The number of rotatable bonds is 7. The number of alkyl halides is 2. The number of carbonyl (C=O) groups is 2. The predicted octanol–water partition coefficient (Wildman–Crippen LogP) is 3.77. The molecule has 0 saturated carbocycles. The van der Waals surface area contributed by atoms with Crippen molar-refractivity contribution in [3.63, 3.8) is 0 Å². The quantitative estimate of drug-likeness (QED) is 0.664. The molecule has 0 spiro atoms. The van der Waals surface area contributed by atoms with Gasteiger partial charge in [0.25, 0.3) is 5.76 Å². The average Bonchev–Trinajstić information content (AvgIpc) is 2.37. The molecule has 1 rings (SSSR count). The molecule has 5 nitrogen and oxygen atoms in total.